The monoisotopic (exact) mass is 529 g/mol. The maximum Gasteiger partial charge on any atom is 0.251 e. The molecule has 4 nitrogen and oxygen atoms in total. The van der Waals surface area contributed by atoms with Gasteiger partial charge in [0, 0.05) is 48.4 Å². The summed E-state index contributed by atoms with van der Waals surface area (Å²) in [6, 6.07) is 13.3. The van der Waals surface area contributed by atoms with Crippen molar-refractivity contribution >= 4 is 57.4 Å². The van der Waals surface area contributed by atoms with E-state index in [4.69, 9.17) is 23.2 Å². The van der Waals surface area contributed by atoms with Gasteiger partial charge in [-0.15, -0.1) is 0 Å². The Balaban J connectivity index is 1.39. The van der Waals surface area contributed by atoms with Gasteiger partial charge in [0.15, 0.2) is 0 Å². The molecule has 2 aromatic rings. The van der Waals surface area contributed by atoms with Crippen LogP contribution in [0.1, 0.15) is 10.4 Å². The SMILES string of the molecule is O=C(NCC=CCN1CCN(c2cccc(Cl)c2Cl)CC1)c1ccc(I)cc1. The summed E-state index contributed by atoms with van der Waals surface area (Å²) in [6.45, 7) is 5.15. The number of benzene rings is 2. The molecule has 28 heavy (non-hydrogen) atoms. The number of amides is 1. The van der Waals surface area contributed by atoms with E-state index in [0.717, 1.165) is 42.0 Å². The van der Waals surface area contributed by atoms with E-state index in [1.54, 1.807) is 0 Å². The van der Waals surface area contributed by atoms with E-state index >= 15 is 0 Å². The second-order valence-electron chi connectivity index (χ2n) is 6.55. The molecule has 0 unspecified atom stereocenters. The van der Waals surface area contributed by atoms with Crippen LogP contribution in [0.3, 0.4) is 0 Å². The lowest BCUT2D eigenvalue weighted by atomic mass is 10.2. The van der Waals surface area contributed by atoms with Crippen molar-refractivity contribution in [3.05, 3.63) is 73.8 Å². The highest BCUT2D eigenvalue weighted by Crippen LogP contribution is 2.32. The van der Waals surface area contributed by atoms with E-state index < -0.39 is 0 Å². The lowest BCUT2D eigenvalue weighted by Gasteiger charge is -2.36. The van der Waals surface area contributed by atoms with Crippen molar-refractivity contribution < 1.29 is 4.79 Å². The fraction of sp³-hybridized carbons (Fsp3) is 0.286. The highest BCUT2D eigenvalue weighted by molar-refractivity contribution is 14.1. The molecule has 2 aromatic carbocycles. The standard InChI is InChI=1S/C21H22Cl2IN3O/c22-18-4-3-5-19(20(18)23)27-14-12-26(13-15-27)11-2-1-10-25-21(28)16-6-8-17(24)9-7-16/h1-9H,10-15H2,(H,25,28). The summed E-state index contributed by atoms with van der Waals surface area (Å²) in [5.74, 6) is -0.0481. The molecule has 148 valence electrons. The number of hydrogen-bond acceptors (Lipinski definition) is 3. The zero-order valence-corrected chi connectivity index (χ0v) is 19.0. The Morgan fingerprint density at radius 2 is 1.75 bits per heavy atom. The smallest absolute Gasteiger partial charge is 0.251 e. The van der Waals surface area contributed by atoms with Gasteiger partial charge in [-0.1, -0.05) is 41.4 Å². The first-order chi connectivity index (χ1) is 13.5. The number of nitrogens with zero attached hydrogens (tertiary/aromatic N) is 2. The molecule has 3 rings (SSSR count). The van der Waals surface area contributed by atoms with E-state index in [-0.39, 0.29) is 5.91 Å². The van der Waals surface area contributed by atoms with Crippen LogP contribution in [0, 0.1) is 3.57 Å². The average molecular weight is 530 g/mol. The molecule has 0 bridgehead atoms. The van der Waals surface area contributed by atoms with Crippen LogP contribution < -0.4 is 10.2 Å². The molecule has 0 radical (unpaired) electrons. The van der Waals surface area contributed by atoms with Gasteiger partial charge in [0.25, 0.3) is 5.91 Å². The number of anilines is 1. The number of nitrogens with one attached hydrogen (secondary N) is 1. The lowest BCUT2D eigenvalue weighted by molar-refractivity contribution is 0.0958. The maximum absolute atomic E-state index is 12.1. The highest BCUT2D eigenvalue weighted by Gasteiger charge is 2.18. The first-order valence-electron chi connectivity index (χ1n) is 9.14. The first-order valence-corrected chi connectivity index (χ1v) is 11.0. The second-order valence-corrected chi connectivity index (χ2v) is 8.58. The molecule has 1 N–H and O–H groups in total. The number of carbonyl (C=O) groups excluding carboxylic acids is 1. The van der Waals surface area contributed by atoms with Gasteiger partial charge in [-0.3, -0.25) is 9.69 Å². The van der Waals surface area contributed by atoms with E-state index in [1.165, 1.54) is 0 Å². The van der Waals surface area contributed by atoms with Gasteiger partial charge in [0.05, 0.1) is 15.7 Å². The number of piperazine rings is 1. The minimum Gasteiger partial charge on any atom is -0.368 e. The number of rotatable bonds is 6. The summed E-state index contributed by atoms with van der Waals surface area (Å²) in [5, 5.41) is 4.13. The molecule has 0 aromatic heterocycles. The summed E-state index contributed by atoms with van der Waals surface area (Å²) in [5.41, 5.74) is 1.69. The van der Waals surface area contributed by atoms with Gasteiger partial charge < -0.3 is 10.2 Å². The van der Waals surface area contributed by atoms with E-state index in [1.807, 2.05) is 48.5 Å². The Morgan fingerprint density at radius 3 is 2.46 bits per heavy atom. The van der Waals surface area contributed by atoms with Crippen molar-refractivity contribution in [3.8, 4) is 0 Å². The van der Waals surface area contributed by atoms with Crippen LogP contribution in [0.25, 0.3) is 0 Å². The van der Waals surface area contributed by atoms with Gasteiger partial charge in [-0.25, -0.2) is 0 Å². The third-order valence-electron chi connectivity index (χ3n) is 4.66. The summed E-state index contributed by atoms with van der Waals surface area (Å²) >= 11 is 14.7. The van der Waals surface area contributed by atoms with Crippen LogP contribution in [-0.2, 0) is 0 Å². The quantitative estimate of drug-likeness (QED) is 0.435. The zero-order chi connectivity index (χ0) is 19.9. The number of hydrogen-bond donors (Lipinski definition) is 1. The van der Waals surface area contributed by atoms with Gasteiger partial charge in [0.2, 0.25) is 0 Å². The molecule has 0 spiro atoms. The molecule has 0 saturated carbocycles. The number of halogens is 3. The largest absolute Gasteiger partial charge is 0.368 e. The lowest BCUT2D eigenvalue weighted by Crippen LogP contribution is -2.46. The minimum atomic E-state index is -0.0481. The Labute approximate surface area is 189 Å². The van der Waals surface area contributed by atoms with Crippen LogP contribution in [-0.4, -0.2) is 50.1 Å². The molecular formula is C21H22Cl2IN3O. The zero-order valence-electron chi connectivity index (χ0n) is 15.4. The second kappa shape index (κ2) is 10.5. The van der Waals surface area contributed by atoms with Crippen molar-refractivity contribution in [1.82, 2.24) is 10.2 Å². The third-order valence-corrected chi connectivity index (χ3v) is 6.19. The average Bonchev–Trinajstić information content (AvgIpc) is 2.71. The van der Waals surface area contributed by atoms with Crippen LogP contribution in [0.5, 0.6) is 0 Å². The molecule has 1 amide bonds. The molecule has 1 fully saturated rings. The summed E-state index contributed by atoms with van der Waals surface area (Å²) < 4.78 is 1.12. The summed E-state index contributed by atoms with van der Waals surface area (Å²) in [4.78, 5) is 16.7. The maximum atomic E-state index is 12.1. The van der Waals surface area contributed by atoms with E-state index in [0.29, 0.717) is 22.2 Å². The highest BCUT2D eigenvalue weighted by atomic mass is 127. The van der Waals surface area contributed by atoms with Gasteiger partial charge in [-0.2, -0.15) is 0 Å². The molecule has 1 aliphatic heterocycles. The van der Waals surface area contributed by atoms with Crippen molar-refractivity contribution in [2.24, 2.45) is 0 Å². The topological polar surface area (TPSA) is 35.6 Å². The van der Waals surface area contributed by atoms with E-state index in [9.17, 15) is 4.79 Å². The normalized spacial score (nSPS) is 15.2. The van der Waals surface area contributed by atoms with Crippen LogP contribution in [0.2, 0.25) is 10.0 Å². The third kappa shape index (κ3) is 5.86. The van der Waals surface area contributed by atoms with Gasteiger partial charge in [0.1, 0.15) is 0 Å². The molecule has 1 heterocycles. The van der Waals surface area contributed by atoms with Crippen LogP contribution >= 0.6 is 45.8 Å². The van der Waals surface area contributed by atoms with Gasteiger partial charge in [-0.05, 0) is 59.0 Å². The Hall–Kier alpha value is -1.28. The number of carbonyl (C=O) groups is 1. The molecule has 0 atom stereocenters. The van der Waals surface area contributed by atoms with Crippen molar-refractivity contribution in [3.63, 3.8) is 0 Å². The van der Waals surface area contributed by atoms with Gasteiger partial charge >= 0.3 is 0 Å². The fourth-order valence-electron chi connectivity index (χ4n) is 3.07. The Morgan fingerprint density at radius 1 is 1.04 bits per heavy atom. The molecular weight excluding hydrogens is 508 g/mol. The van der Waals surface area contributed by atoms with E-state index in [2.05, 4.69) is 43.8 Å². The Bertz CT molecular complexity index is 834. The van der Waals surface area contributed by atoms with Crippen LogP contribution in [0.15, 0.2) is 54.6 Å². The molecule has 1 saturated heterocycles. The Kier molecular flexibility index (Phi) is 8.02. The summed E-state index contributed by atoms with van der Waals surface area (Å²) in [6.07, 6.45) is 4.11. The predicted molar refractivity (Wildman–Crippen MR) is 126 cm³/mol. The molecule has 1 aliphatic rings. The van der Waals surface area contributed by atoms with Crippen molar-refractivity contribution in [2.75, 3.05) is 44.2 Å². The van der Waals surface area contributed by atoms with Crippen LogP contribution in [0.4, 0.5) is 5.69 Å². The molecule has 7 heteroatoms. The molecule has 0 aliphatic carbocycles. The first kappa shape index (κ1) is 21.4. The minimum absolute atomic E-state index is 0.0481. The van der Waals surface area contributed by atoms with Crippen molar-refractivity contribution in [1.29, 1.82) is 0 Å². The predicted octanol–water partition coefficient (Wildman–Crippen LogP) is 4.71. The fourth-order valence-corrected chi connectivity index (χ4v) is 3.84. The van der Waals surface area contributed by atoms with Crippen molar-refractivity contribution in [2.45, 2.75) is 0 Å². The summed E-state index contributed by atoms with van der Waals surface area (Å²) in [7, 11) is 0.